The first-order valence-corrected chi connectivity index (χ1v) is 9.46. The molecule has 0 saturated carbocycles. The number of carbonyl (C=O) groups is 2. The predicted molar refractivity (Wildman–Crippen MR) is 82.0 cm³/mol. The van der Waals surface area contributed by atoms with E-state index in [1.807, 2.05) is 13.8 Å². The predicted octanol–water partition coefficient (Wildman–Crippen LogP) is 0.937. The maximum Gasteiger partial charge on any atom is 0.289 e. The maximum atomic E-state index is 12.6. The summed E-state index contributed by atoms with van der Waals surface area (Å²) in [5, 5.41) is 0. The van der Waals surface area contributed by atoms with E-state index in [1.54, 1.807) is 17.0 Å². The molecule has 8 heteroatoms. The number of likely N-dealkylation sites (tertiary alicyclic amines) is 1. The first-order chi connectivity index (χ1) is 10.7. The van der Waals surface area contributed by atoms with Gasteiger partial charge >= 0.3 is 0 Å². The minimum absolute atomic E-state index is 0.0632. The number of hydrogen-bond donors (Lipinski definition) is 0. The van der Waals surface area contributed by atoms with Crippen LogP contribution in [-0.2, 0) is 14.8 Å². The Labute approximate surface area is 135 Å². The summed E-state index contributed by atoms with van der Waals surface area (Å²) in [6.07, 6.45) is 2.92. The maximum absolute atomic E-state index is 12.6. The van der Waals surface area contributed by atoms with Gasteiger partial charge in [0, 0.05) is 6.54 Å². The van der Waals surface area contributed by atoms with Crippen LogP contribution in [0.2, 0.25) is 0 Å². The van der Waals surface area contributed by atoms with E-state index < -0.39 is 33.9 Å². The van der Waals surface area contributed by atoms with Crippen molar-refractivity contribution in [2.24, 2.45) is 11.8 Å². The van der Waals surface area contributed by atoms with Crippen LogP contribution in [-0.4, -0.2) is 54.3 Å². The van der Waals surface area contributed by atoms with Crippen molar-refractivity contribution in [1.29, 1.82) is 0 Å². The Balaban J connectivity index is 2.00. The van der Waals surface area contributed by atoms with Crippen molar-refractivity contribution >= 4 is 21.8 Å². The lowest BCUT2D eigenvalue weighted by Crippen LogP contribution is -2.44. The first kappa shape index (κ1) is 16.0. The lowest BCUT2D eigenvalue weighted by Gasteiger charge is -2.28. The Morgan fingerprint density at radius 2 is 2.09 bits per heavy atom. The lowest BCUT2D eigenvalue weighted by molar-refractivity contribution is -0.129. The van der Waals surface area contributed by atoms with E-state index in [-0.39, 0.29) is 17.6 Å². The van der Waals surface area contributed by atoms with E-state index in [0.717, 1.165) is 10.6 Å². The largest absolute Gasteiger partial charge is 0.459 e. The summed E-state index contributed by atoms with van der Waals surface area (Å²) in [6.45, 7) is 4.16. The van der Waals surface area contributed by atoms with E-state index in [2.05, 4.69) is 0 Å². The summed E-state index contributed by atoms with van der Waals surface area (Å²) in [5.74, 6) is -1.08. The third-order valence-corrected chi connectivity index (χ3v) is 5.83. The highest BCUT2D eigenvalue weighted by Crippen LogP contribution is 2.41. The van der Waals surface area contributed by atoms with Crippen LogP contribution in [0.1, 0.15) is 30.8 Å². The highest BCUT2D eigenvalue weighted by molar-refractivity contribution is 7.88. The van der Waals surface area contributed by atoms with Gasteiger partial charge in [-0.25, -0.2) is 12.7 Å². The molecule has 3 heterocycles. The summed E-state index contributed by atoms with van der Waals surface area (Å²) in [6, 6.07) is 2.28. The second-order valence-electron chi connectivity index (χ2n) is 6.49. The molecule has 1 aromatic heterocycles. The van der Waals surface area contributed by atoms with Crippen LogP contribution < -0.4 is 0 Å². The van der Waals surface area contributed by atoms with Gasteiger partial charge in [-0.15, -0.1) is 0 Å². The van der Waals surface area contributed by atoms with Crippen LogP contribution >= 0.6 is 0 Å². The second kappa shape index (κ2) is 5.36. The molecular weight excluding hydrogens is 320 g/mol. The molecule has 0 aromatic carbocycles. The number of furan rings is 1. The normalized spacial score (nSPS) is 27.8. The van der Waals surface area contributed by atoms with Crippen molar-refractivity contribution in [1.82, 2.24) is 9.21 Å². The summed E-state index contributed by atoms with van der Waals surface area (Å²) in [4.78, 5) is 26.9. The van der Waals surface area contributed by atoms with Crippen LogP contribution in [0.5, 0.6) is 0 Å². The number of amides is 2. The molecule has 0 spiro atoms. The minimum Gasteiger partial charge on any atom is -0.459 e. The van der Waals surface area contributed by atoms with Gasteiger partial charge in [-0.1, -0.05) is 13.8 Å². The molecule has 0 N–H and O–H groups in total. The monoisotopic (exact) mass is 340 g/mol. The second-order valence-corrected chi connectivity index (χ2v) is 8.35. The van der Waals surface area contributed by atoms with Gasteiger partial charge in [0.2, 0.25) is 15.9 Å². The van der Waals surface area contributed by atoms with Crippen molar-refractivity contribution in [2.75, 3.05) is 12.8 Å². The highest BCUT2D eigenvalue weighted by Gasteiger charge is 2.58. The minimum atomic E-state index is -3.65. The molecule has 1 aromatic rings. The molecule has 23 heavy (non-hydrogen) atoms. The Morgan fingerprint density at radius 1 is 1.39 bits per heavy atom. The molecule has 3 atom stereocenters. The Kier molecular flexibility index (Phi) is 3.74. The fraction of sp³-hybridized carbons (Fsp3) is 0.600. The zero-order valence-electron chi connectivity index (χ0n) is 13.3. The topological polar surface area (TPSA) is 87.9 Å². The summed E-state index contributed by atoms with van der Waals surface area (Å²) in [7, 11) is -3.65. The lowest BCUT2D eigenvalue weighted by atomic mass is 9.88. The average molecular weight is 340 g/mol. The van der Waals surface area contributed by atoms with Gasteiger partial charge in [-0.3, -0.25) is 9.59 Å². The molecule has 0 bridgehead atoms. The fourth-order valence-electron chi connectivity index (χ4n) is 3.81. The molecule has 2 amide bonds. The molecule has 2 saturated heterocycles. The molecule has 0 aliphatic carbocycles. The third-order valence-electron chi connectivity index (χ3n) is 4.66. The number of rotatable bonds is 3. The number of fused-ring (bicyclic) bond motifs is 1. The first-order valence-electron chi connectivity index (χ1n) is 7.61. The molecule has 2 aliphatic heterocycles. The van der Waals surface area contributed by atoms with Gasteiger partial charge in [-0.05, 0) is 24.5 Å². The quantitative estimate of drug-likeness (QED) is 0.817. The third kappa shape index (κ3) is 2.45. The van der Waals surface area contributed by atoms with E-state index >= 15 is 0 Å². The van der Waals surface area contributed by atoms with Gasteiger partial charge in [-0.2, -0.15) is 0 Å². The van der Waals surface area contributed by atoms with Gasteiger partial charge in [0.1, 0.15) is 0 Å². The van der Waals surface area contributed by atoms with Crippen LogP contribution in [0.15, 0.2) is 22.8 Å². The van der Waals surface area contributed by atoms with E-state index in [0.29, 0.717) is 13.0 Å². The zero-order chi connectivity index (χ0) is 16.9. The fourth-order valence-corrected chi connectivity index (χ4v) is 4.98. The Bertz CT molecular complexity index is 725. The van der Waals surface area contributed by atoms with E-state index in [4.69, 9.17) is 4.42 Å². The van der Waals surface area contributed by atoms with Crippen molar-refractivity contribution in [3.63, 3.8) is 0 Å². The van der Waals surface area contributed by atoms with Crippen LogP contribution in [0, 0.1) is 11.8 Å². The number of hydrogen-bond acceptors (Lipinski definition) is 5. The molecule has 126 valence electrons. The van der Waals surface area contributed by atoms with Gasteiger partial charge in [0.25, 0.3) is 5.91 Å². The standard InChI is InChI=1S/C15H20N2O5S/c1-9(2)12-13-10(17(15(12)19)23(3,20)21)6-7-16(13)14(18)11-5-4-8-22-11/h4-5,8-10,12-13H,6-7H2,1-3H3/t10-,12+,13-/m0/s1. The van der Waals surface area contributed by atoms with Crippen LogP contribution in [0.3, 0.4) is 0 Å². The van der Waals surface area contributed by atoms with Crippen molar-refractivity contribution in [2.45, 2.75) is 32.4 Å². The van der Waals surface area contributed by atoms with E-state index in [1.165, 1.54) is 6.26 Å². The van der Waals surface area contributed by atoms with Crippen molar-refractivity contribution in [3.8, 4) is 0 Å². The van der Waals surface area contributed by atoms with Gasteiger partial charge in [0.05, 0.1) is 30.5 Å². The zero-order valence-corrected chi connectivity index (χ0v) is 14.1. The smallest absolute Gasteiger partial charge is 0.289 e. The molecule has 0 radical (unpaired) electrons. The van der Waals surface area contributed by atoms with Crippen LogP contribution in [0.25, 0.3) is 0 Å². The summed E-state index contributed by atoms with van der Waals surface area (Å²) >= 11 is 0. The van der Waals surface area contributed by atoms with Gasteiger partial charge < -0.3 is 9.32 Å². The Morgan fingerprint density at radius 3 is 2.61 bits per heavy atom. The average Bonchev–Trinajstić information content (AvgIpc) is 3.10. The molecule has 2 fully saturated rings. The number of sulfonamides is 1. The molecule has 3 rings (SSSR count). The van der Waals surface area contributed by atoms with Crippen molar-refractivity contribution in [3.05, 3.63) is 24.2 Å². The summed E-state index contributed by atoms with van der Waals surface area (Å²) in [5.41, 5.74) is 0. The highest BCUT2D eigenvalue weighted by atomic mass is 32.2. The molecule has 2 aliphatic rings. The SMILES string of the molecule is CC(C)[C@H]1C(=O)N(S(C)(=O)=O)[C@H]2CCN(C(=O)c3ccco3)[C@H]12. The molecule has 7 nitrogen and oxygen atoms in total. The Hall–Kier alpha value is -1.83. The number of nitrogens with zero attached hydrogens (tertiary/aromatic N) is 2. The van der Waals surface area contributed by atoms with E-state index in [9.17, 15) is 18.0 Å². The van der Waals surface area contributed by atoms with Crippen LogP contribution in [0.4, 0.5) is 0 Å². The number of carbonyl (C=O) groups excluding carboxylic acids is 2. The molecular formula is C15H20N2O5S. The molecule has 0 unspecified atom stereocenters. The van der Waals surface area contributed by atoms with Gasteiger partial charge in [0.15, 0.2) is 5.76 Å². The summed E-state index contributed by atoms with van der Waals surface area (Å²) < 4.78 is 30.2. The van der Waals surface area contributed by atoms with Crippen molar-refractivity contribution < 1.29 is 22.4 Å².